The Bertz CT molecular complexity index is 1180. The molecule has 0 radical (unpaired) electrons. The molecular weight excluding hydrogens is 416 g/mol. The zero-order valence-corrected chi connectivity index (χ0v) is 17.2. The van der Waals surface area contributed by atoms with Gasteiger partial charge in [-0.3, -0.25) is 9.32 Å². The molecule has 1 amide bonds. The maximum Gasteiger partial charge on any atom is 0.442 e. The van der Waals surface area contributed by atoms with Crippen LogP contribution in [-0.4, -0.2) is 24.8 Å². The zero-order chi connectivity index (χ0) is 21.2. The van der Waals surface area contributed by atoms with Crippen molar-refractivity contribution >= 4 is 33.4 Å². The van der Waals surface area contributed by atoms with Crippen LogP contribution in [0.4, 0.5) is 5.69 Å². The number of hydrogen-bond donors (Lipinski definition) is 3. The number of thioether (sulfide) groups is 1. The van der Waals surface area contributed by atoms with Gasteiger partial charge in [0, 0.05) is 17.8 Å². The number of nitrogens with zero attached hydrogens (tertiary/aromatic N) is 1. The maximum atomic E-state index is 12.5. The molecule has 2 aromatic carbocycles. The van der Waals surface area contributed by atoms with Crippen molar-refractivity contribution in [1.82, 2.24) is 5.27 Å². The maximum absolute atomic E-state index is 12.5. The highest BCUT2D eigenvalue weighted by Gasteiger charge is 2.29. The van der Waals surface area contributed by atoms with Gasteiger partial charge in [-0.25, -0.2) is 18.4 Å². The summed E-state index contributed by atoms with van der Waals surface area (Å²) in [7, 11) is -3.81. The van der Waals surface area contributed by atoms with Gasteiger partial charge in [-0.15, -0.1) is 0 Å². The fourth-order valence-corrected chi connectivity index (χ4v) is 3.82. The van der Waals surface area contributed by atoms with E-state index < -0.39 is 20.9 Å². The molecule has 1 unspecified atom stereocenters. The lowest BCUT2D eigenvalue weighted by Crippen LogP contribution is -2.37. The minimum absolute atomic E-state index is 0.0537. The van der Waals surface area contributed by atoms with Crippen LogP contribution in [0.3, 0.4) is 0 Å². The van der Waals surface area contributed by atoms with E-state index in [0.29, 0.717) is 11.4 Å². The summed E-state index contributed by atoms with van der Waals surface area (Å²) in [6.45, 7) is 3.59. The highest BCUT2D eigenvalue weighted by molar-refractivity contribution is 8.00. The first-order valence-electron chi connectivity index (χ1n) is 8.46. The number of nitrogens with two attached hydrogens (primary N) is 1. The fraction of sp³-hybridized carbons (Fsp3) is 0.167. The van der Waals surface area contributed by atoms with E-state index in [2.05, 4.69) is 10.6 Å². The highest BCUT2D eigenvalue weighted by atomic mass is 32.2. The first-order valence-corrected chi connectivity index (χ1v) is 10.9. The normalized spacial score (nSPS) is 12.5. The molecule has 3 rings (SSSR count). The molecule has 0 aliphatic heterocycles. The Morgan fingerprint density at radius 3 is 2.38 bits per heavy atom. The summed E-state index contributed by atoms with van der Waals surface area (Å²) in [5, 5.41) is 9.85. The Balaban J connectivity index is 1.74. The van der Waals surface area contributed by atoms with Crippen LogP contribution in [-0.2, 0) is 14.8 Å². The molecule has 0 spiro atoms. The Morgan fingerprint density at radius 1 is 1.17 bits per heavy atom. The molecule has 0 bridgehead atoms. The molecule has 4 N–H and O–H groups in total. The first kappa shape index (κ1) is 20.8. The molecule has 0 aliphatic rings. The molecule has 1 heterocycles. The van der Waals surface area contributed by atoms with Gasteiger partial charge in [-0.2, -0.15) is 0 Å². The number of carbonyl (C=O) groups excluding carboxylic acids is 1. The molecule has 0 fully saturated rings. The number of aryl methyl sites for hydroxylation is 1. The monoisotopic (exact) mass is 435 g/mol. The van der Waals surface area contributed by atoms with Crippen LogP contribution >= 0.6 is 11.8 Å². The largest absolute Gasteiger partial charge is 0.442 e. The van der Waals surface area contributed by atoms with Crippen molar-refractivity contribution in [3.8, 4) is 5.69 Å². The lowest BCUT2D eigenvalue weighted by molar-refractivity contribution is -0.704. The molecule has 9 nitrogen and oxygen atoms in total. The van der Waals surface area contributed by atoms with Crippen LogP contribution in [0, 0.1) is 6.92 Å². The summed E-state index contributed by atoms with van der Waals surface area (Å²) in [5.41, 5.74) is 1.57. The van der Waals surface area contributed by atoms with Crippen molar-refractivity contribution in [2.45, 2.75) is 29.0 Å². The Kier molecular flexibility index (Phi) is 5.91. The molecule has 0 saturated heterocycles. The lowest BCUT2D eigenvalue weighted by atomic mass is 10.2. The number of hydrogen-bond acceptors (Lipinski definition) is 6. The van der Waals surface area contributed by atoms with Gasteiger partial charge in [0.15, 0.2) is 0 Å². The number of sulfonamides is 1. The third-order valence-corrected chi connectivity index (χ3v) is 6.08. The summed E-state index contributed by atoms with van der Waals surface area (Å²) >= 11 is 1.03. The van der Waals surface area contributed by atoms with Crippen LogP contribution in [0.2, 0.25) is 0 Å². The topological polar surface area (TPSA) is 139 Å². The summed E-state index contributed by atoms with van der Waals surface area (Å²) in [4.78, 5) is 24.5. The van der Waals surface area contributed by atoms with Crippen molar-refractivity contribution in [1.29, 1.82) is 0 Å². The Hall–Kier alpha value is -2.89. The summed E-state index contributed by atoms with van der Waals surface area (Å²) < 4.78 is 28.9. The Labute approximate surface area is 170 Å². The van der Waals surface area contributed by atoms with Gasteiger partial charge in [-0.1, -0.05) is 17.7 Å². The predicted molar refractivity (Wildman–Crippen MR) is 107 cm³/mol. The molecule has 0 saturated carbocycles. The van der Waals surface area contributed by atoms with Crippen molar-refractivity contribution in [3.63, 3.8) is 0 Å². The van der Waals surface area contributed by atoms with E-state index >= 15 is 0 Å². The molecule has 1 aromatic heterocycles. The molecule has 1 atom stereocenters. The van der Waals surface area contributed by atoms with E-state index in [0.717, 1.165) is 17.3 Å². The van der Waals surface area contributed by atoms with E-state index in [1.165, 1.54) is 28.9 Å². The highest BCUT2D eigenvalue weighted by Crippen LogP contribution is 2.20. The number of amides is 1. The number of aromatic amines is 1. The van der Waals surface area contributed by atoms with E-state index in [1.807, 2.05) is 31.2 Å². The van der Waals surface area contributed by atoms with Gasteiger partial charge in [0.25, 0.3) is 0 Å². The molecular formula is C18H19N4O5S2+. The number of benzene rings is 2. The van der Waals surface area contributed by atoms with Crippen molar-refractivity contribution in [2.75, 3.05) is 5.32 Å². The van der Waals surface area contributed by atoms with Crippen LogP contribution in [0.15, 0.2) is 67.8 Å². The third kappa shape index (κ3) is 4.94. The number of primary sulfonamides is 1. The molecule has 152 valence electrons. The molecule has 29 heavy (non-hydrogen) atoms. The van der Waals surface area contributed by atoms with Crippen molar-refractivity contribution in [3.05, 3.63) is 64.5 Å². The van der Waals surface area contributed by atoms with E-state index in [-0.39, 0.29) is 15.8 Å². The summed E-state index contributed by atoms with van der Waals surface area (Å²) in [6.07, 6.45) is 0. The minimum Gasteiger partial charge on any atom is -0.325 e. The summed E-state index contributed by atoms with van der Waals surface area (Å²) in [6, 6.07) is 12.9. The quantitative estimate of drug-likeness (QED) is 0.394. The van der Waals surface area contributed by atoms with E-state index in [1.54, 1.807) is 6.92 Å². The van der Waals surface area contributed by atoms with E-state index in [4.69, 9.17) is 9.66 Å². The second kappa shape index (κ2) is 8.23. The number of aromatic nitrogens is 2. The first-order chi connectivity index (χ1) is 13.6. The number of carbonyl (C=O) groups is 1. The fourth-order valence-electron chi connectivity index (χ4n) is 2.42. The standard InChI is InChI=1S/C18H18N4O5S2/c1-11-3-7-14(8-4-11)22-17(18(24)27-21-22)28-12(2)16(23)20-13-5-9-15(10-6-13)29(19,25)26/h3-10,12H,1-2H3,(H3-,19,20,21,23,24,25,26)/p+1. The number of anilines is 1. The predicted octanol–water partition coefficient (Wildman–Crippen LogP) is 1.32. The average Bonchev–Trinajstić information content (AvgIpc) is 3.02. The van der Waals surface area contributed by atoms with Gasteiger partial charge in [-0.05, 0) is 59.8 Å². The average molecular weight is 436 g/mol. The smallest absolute Gasteiger partial charge is 0.325 e. The second-order valence-corrected chi connectivity index (χ2v) is 9.17. The van der Waals surface area contributed by atoms with Crippen molar-refractivity contribution in [2.24, 2.45) is 5.14 Å². The molecule has 11 heteroatoms. The number of rotatable bonds is 6. The van der Waals surface area contributed by atoms with Crippen LogP contribution < -0.4 is 20.8 Å². The van der Waals surface area contributed by atoms with E-state index in [9.17, 15) is 18.0 Å². The molecule has 3 aromatic rings. The Morgan fingerprint density at radius 2 is 1.79 bits per heavy atom. The van der Waals surface area contributed by atoms with Gasteiger partial charge < -0.3 is 5.32 Å². The van der Waals surface area contributed by atoms with Gasteiger partial charge in [0.2, 0.25) is 21.6 Å². The zero-order valence-electron chi connectivity index (χ0n) is 15.6. The second-order valence-electron chi connectivity index (χ2n) is 6.28. The lowest BCUT2D eigenvalue weighted by Gasteiger charge is -2.09. The van der Waals surface area contributed by atoms with Crippen LogP contribution in [0.1, 0.15) is 12.5 Å². The summed E-state index contributed by atoms with van der Waals surface area (Å²) in [5.74, 6) is -0.366. The molecule has 0 aliphatic carbocycles. The van der Waals surface area contributed by atoms with Gasteiger partial charge >= 0.3 is 10.7 Å². The number of nitrogens with one attached hydrogen (secondary N) is 2. The van der Waals surface area contributed by atoms with Crippen molar-refractivity contribution < 1.29 is 22.4 Å². The van der Waals surface area contributed by atoms with Crippen LogP contribution in [0.25, 0.3) is 5.69 Å². The van der Waals surface area contributed by atoms with Gasteiger partial charge in [0.1, 0.15) is 0 Å². The van der Waals surface area contributed by atoms with Gasteiger partial charge in [0.05, 0.1) is 10.1 Å². The minimum atomic E-state index is -3.81. The third-order valence-electron chi connectivity index (χ3n) is 4.01. The van der Waals surface area contributed by atoms with Crippen LogP contribution in [0.5, 0.6) is 0 Å². The number of H-pyrrole nitrogens is 1. The SMILES string of the molecule is Cc1ccc(-[n+]2[nH]oc(=O)c2SC(C)C(=O)Nc2ccc(S(N)(=O)=O)cc2)cc1.